The maximum absolute atomic E-state index is 8.96. The van der Waals surface area contributed by atoms with Crippen LogP contribution in [0.4, 0.5) is 0 Å². The molecule has 4 atom stereocenters. The SMILES string of the molecule is O.OC[C@@H](O)[C@H](O)[C@H](O)[C@H](O)CO. The lowest BCUT2D eigenvalue weighted by Crippen LogP contribution is -2.46. The summed E-state index contributed by atoms with van der Waals surface area (Å²) in [5.74, 6) is 0. The Morgan fingerprint density at radius 1 is 0.692 bits per heavy atom. The van der Waals surface area contributed by atoms with Crippen LogP contribution in [0.5, 0.6) is 0 Å². The molecule has 0 saturated carbocycles. The minimum absolute atomic E-state index is 0. The molecular formula is C6H16O7. The van der Waals surface area contributed by atoms with Crippen molar-refractivity contribution >= 4 is 0 Å². The Labute approximate surface area is 74.8 Å². The Hall–Kier alpha value is -0.280. The molecule has 0 saturated heterocycles. The van der Waals surface area contributed by atoms with Crippen molar-refractivity contribution in [3.8, 4) is 0 Å². The molecule has 0 radical (unpaired) electrons. The second kappa shape index (κ2) is 7.15. The van der Waals surface area contributed by atoms with Crippen LogP contribution in [-0.4, -0.2) is 73.7 Å². The van der Waals surface area contributed by atoms with Gasteiger partial charge in [0.2, 0.25) is 0 Å². The highest BCUT2D eigenvalue weighted by atomic mass is 16.4. The maximum atomic E-state index is 8.96. The molecule has 0 aromatic heterocycles. The summed E-state index contributed by atoms with van der Waals surface area (Å²) in [5, 5.41) is 52.2. The molecule has 82 valence electrons. The van der Waals surface area contributed by atoms with E-state index < -0.39 is 37.6 Å². The van der Waals surface area contributed by atoms with E-state index >= 15 is 0 Å². The normalized spacial score (nSPS) is 19.8. The van der Waals surface area contributed by atoms with Crippen LogP contribution < -0.4 is 0 Å². The first-order valence-electron chi connectivity index (χ1n) is 3.48. The highest BCUT2D eigenvalue weighted by Crippen LogP contribution is 2.03. The molecule has 0 rings (SSSR count). The molecule has 0 aliphatic carbocycles. The van der Waals surface area contributed by atoms with Gasteiger partial charge in [0, 0.05) is 0 Å². The summed E-state index contributed by atoms with van der Waals surface area (Å²) in [6.07, 6.45) is -6.39. The van der Waals surface area contributed by atoms with Gasteiger partial charge in [-0.3, -0.25) is 0 Å². The van der Waals surface area contributed by atoms with Crippen molar-refractivity contribution in [3.05, 3.63) is 0 Å². The lowest BCUT2D eigenvalue weighted by molar-refractivity contribution is -0.123. The third-order valence-corrected chi connectivity index (χ3v) is 1.51. The summed E-state index contributed by atoms with van der Waals surface area (Å²) in [4.78, 5) is 0. The molecule has 0 spiro atoms. The molecule has 7 heteroatoms. The predicted molar refractivity (Wildman–Crippen MR) is 41.8 cm³/mol. The number of hydrogen-bond acceptors (Lipinski definition) is 6. The van der Waals surface area contributed by atoms with Crippen LogP contribution in [0, 0.1) is 0 Å². The largest absolute Gasteiger partial charge is 0.412 e. The molecule has 13 heavy (non-hydrogen) atoms. The van der Waals surface area contributed by atoms with Crippen LogP contribution in [-0.2, 0) is 0 Å². The molecule has 0 unspecified atom stereocenters. The Kier molecular flexibility index (Phi) is 8.37. The molecule has 0 aliphatic rings. The van der Waals surface area contributed by atoms with Crippen LogP contribution in [0.2, 0.25) is 0 Å². The minimum Gasteiger partial charge on any atom is -0.412 e. The molecule has 0 heterocycles. The van der Waals surface area contributed by atoms with Gasteiger partial charge in [-0.15, -0.1) is 0 Å². The van der Waals surface area contributed by atoms with Crippen molar-refractivity contribution in [3.63, 3.8) is 0 Å². The van der Waals surface area contributed by atoms with E-state index in [9.17, 15) is 0 Å². The van der Waals surface area contributed by atoms with Crippen LogP contribution in [0.3, 0.4) is 0 Å². The van der Waals surface area contributed by atoms with Crippen molar-refractivity contribution in [1.29, 1.82) is 0 Å². The van der Waals surface area contributed by atoms with Gasteiger partial charge in [-0.05, 0) is 0 Å². The Bertz CT molecular complexity index is 106. The Morgan fingerprint density at radius 2 is 0.923 bits per heavy atom. The maximum Gasteiger partial charge on any atom is 0.111 e. The molecule has 0 aliphatic heterocycles. The first-order chi connectivity index (χ1) is 5.54. The first kappa shape index (κ1) is 15.2. The fourth-order valence-corrected chi connectivity index (χ4v) is 0.671. The topological polar surface area (TPSA) is 153 Å². The Balaban J connectivity index is 0. The van der Waals surface area contributed by atoms with Crippen molar-refractivity contribution in [2.24, 2.45) is 0 Å². The smallest absolute Gasteiger partial charge is 0.111 e. The molecule has 0 fully saturated rings. The van der Waals surface area contributed by atoms with Crippen LogP contribution in [0.15, 0.2) is 0 Å². The second-order valence-corrected chi connectivity index (χ2v) is 2.48. The number of aliphatic hydroxyl groups excluding tert-OH is 6. The van der Waals surface area contributed by atoms with E-state index in [1.807, 2.05) is 0 Å². The molecular weight excluding hydrogens is 184 g/mol. The fourth-order valence-electron chi connectivity index (χ4n) is 0.671. The monoisotopic (exact) mass is 200 g/mol. The van der Waals surface area contributed by atoms with E-state index in [-0.39, 0.29) is 5.48 Å². The summed E-state index contributed by atoms with van der Waals surface area (Å²) in [6.45, 7) is -1.45. The number of rotatable bonds is 5. The average molecular weight is 200 g/mol. The average Bonchev–Trinajstić information content (AvgIpc) is 2.12. The molecule has 0 aromatic carbocycles. The number of hydrogen-bond donors (Lipinski definition) is 6. The quantitative estimate of drug-likeness (QED) is 0.263. The van der Waals surface area contributed by atoms with Gasteiger partial charge in [-0.1, -0.05) is 0 Å². The molecule has 0 amide bonds. The van der Waals surface area contributed by atoms with Crippen molar-refractivity contribution in [2.75, 3.05) is 13.2 Å². The fraction of sp³-hybridized carbons (Fsp3) is 1.00. The lowest BCUT2D eigenvalue weighted by Gasteiger charge is -2.24. The van der Waals surface area contributed by atoms with E-state index in [1.165, 1.54) is 0 Å². The molecule has 0 bridgehead atoms. The summed E-state index contributed by atoms with van der Waals surface area (Å²) < 4.78 is 0. The van der Waals surface area contributed by atoms with E-state index in [4.69, 9.17) is 30.6 Å². The number of aliphatic hydroxyl groups is 6. The summed E-state index contributed by atoms with van der Waals surface area (Å²) in [5.41, 5.74) is 0. The first-order valence-corrected chi connectivity index (χ1v) is 3.48. The van der Waals surface area contributed by atoms with Gasteiger partial charge in [-0.25, -0.2) is 0 Å². The zero-order valence-electron chi connectivity index (χ0n) is 6.91. The molecule has 0 aromatic rings. The lowest BCUT2D eigenvalue weighted by atomic mass is 10.0. The minimum atomic E-state index is -1.67. The molecule has 8 N–H and O–H groups in total. The third-order valence-electron chi connectivity index (χ3n) is 1.51. The van der Waals surface area contributed by atoms with Gasteiger partial charge < -0.3 is 36.1 Å². The Morgan fingerprint density at radius 3 is 1.08 bits per heavy atom. The van der Waals surface area contributed by atoms with E-state index in [0.29, 0.717) is 0 Å². The highest BCUT2D eigenvalue weighted by Gasteiger charge is 2.29. The van der Waals surface area contributed by atoms with E-state index in [2.05, 4.69) is 0 Å². The third kappa shape index (κ3) is 4.48. The van der Waals surface area contributed by atoms with Gasteiger partial charge in [-0.2, -0.15) is 0 Å². The highest BCUT2D eigenvalue weighted by molar-refractivity contribution is 4.79. The zero-order valence-corrected chi connectivity index (χ0v) is 6.91. The van der Waals surface area contributed by atoms with Crippen molar-refractivity contribution in [1.82, 2.24) is 0 Å². The van der Waals surface area contributed by atoms with Gasteiger partial charge in [0.05, 0.1) is 13.2 Å². The van der Waals surface area contributed by atoms with Gasteiger partial charge in [0.15, 0.2) is 0 Å². The van der Waals surface area contributed by atoms with Crippen molar-refractivity contribution < 1.29 is 36.1 Å². The van der Waals surface area contributed by atoms with Crippen LogP contribution in [0.25, 0.3) is 0 Å². The molecule has 7 nitrogen and oxygen atoms in total. The predicted octanol–water partition coefficient (Wildman–Crippen LogP) is -4.41. The standard InChI is InChI=1S/C6H14O6.H2O/c7-1-3(9)5(11)6(12)4(10)2-8;/h3-12H,1-2H2;1H2/t3-,4-,5-,6+;/m1./s1. The van der Waals surface area contributed by atoms with Crippen LogP contribution >= 0.6 is 0 Å². The summed E-state index contributed by atoms with van der Waals surface area (Å²) in [6, 6.07) is 0. The summed E-state index contributed by atoms with van der Waals surface area (Å²) in [7, 11) is 0. The zero-order chi connectivity index (χ0) is 9.72. The van der Waals surface area contributed by atoms with Gasteiger partial charge in [0.1, 0.15) is 24.4 Å². The summed E-state index contributed by atoms with van der Waals surface area (Å²) >= 11 is 0. The van der Waals surface area contributed by atoms with Crippen molar-refractivity contribution in [2.45, 2.75) is 24.4 Å². The second-order valence-electron chi connectivity index (χ2n) is 2.48. The van der Waals surface area contributed by atoms with Crippen LogP contribution in [0.1, 0.15) is 0 Å². The van der Waals surface area contributed by atoms with Gasteiger partial charge >= 0.3 is 0 Å². The van der Waals surface area contributed by atoms with Gasteiger partial charge in [0.25, 0.3) is 0 Å². The van der Waals surface area contributed by atoms with E-state index in [0.717, 1.165) is 0 Å². The van der Waals surface area contributed by atoms with E-state index in [1.54, 1.807) is 0 Å².